The lowest BCUT2D eigenvalue weighted by molar-refractivity contribution is 0.414. The molecule has 1 unspecified atom stereocenters. The van der Waals surface area contributed by atoms with Gasteiger partial charge in [-0.05, 0) is 19.1 Å². The number of sulfonamides is 1. The Hall–Kier alpha value is -2.06. The molecule has 21 heavy (non-hydrogen) atoms. The largest absolute Gasteiger partial charge is 0.497 e. The third kappa shape index (κ3) is 3.73. The number of nitrogens with one attached hydrogen (secondary N) is 1. The van der Waals surface area contributed by atoms with E-state index in [9.17, 15) is 8.42 Å². The number of rotatable bonds is 6. The highest BCUT2D eigenvalue weighted by atomic mass is 32.2. The molecule has 0 aliphatic rings. The van der Waals surface area contributed by atoms with Crippen LogP contribution in [0.5, 0.6) is 5.75 Å². The van der Waals surface area contributed by atoms with Gasteiger partial charge in [-0.2, -0.15) is 0 Å². The van der Waals surface area contributed by atoms with Gasteiger partial charge >= 0.3 is 0 Å². The summed E-state index contributed by atoms with van der Waals surface area (Å²) in [7, 11) is -2.19. The number of nitrogens with zero attached hydrogens (tertiary/aromatic N) is 2. The molecule has 2 rings (SSSR count). The Morgan fingerprint density at radius 3 is 2.81 bits per heavy atom. The summed E-state index contributed by atoms with van der Waals surface area (Å²) in [4.78, 5) is 3.96. The first-order valence-corrected chi connectivity index (χ1v) is 7.82. The quantitative estimate of drug-likeness (QED) is 0.770. The number of anilines is 1. The fourth-order valence-electron chi connectivity index (χ4n) is 1.97. The fraction of sp³-hybridized carbons (Fsp3) is 0.308. The minimum absolute atomic E-state index is 0.0424. The van der Waals surface area contributed by atoms with Gasteiger partial charge in [0.15, 0.2) is 0 Å². The summed E-state index contributed by atoms with van der Waals surface area (Å²) in [6.07, 6.45) is 5.04. The number of nitrogens with two attached hydrogens (primary N) is 1. The Morgan fingerprint density at radius 2 is 2.24 bits per heavy atom. The monoisotopic (exact) mass is 310 g/mol. The van der Waals surface area contributed by atoms with Crippen molar-refractivity contribution >= 4 is 15.7 Å². The van der Waals surface area contributed by atoms with Crippen molar-refractivity contribution < 1.29 is 13.2 Å². The second-order valence-electron chi connectivity index (χ2n) is 4.69. The maximum Gasteiger partial charge on any atom is 0.242 e. The maximum absolute atomic E-state index is 12.3. The first-order chi connectivity index (χ1) is 9.92. The van der Waals surface area contributed by atoms with Gasteiger partial charge in [-0.1, -0.05) is 0 Å². The smallest absolute Gasteiger partial charge is 0.242 e. The molecular formula is C13H18N4O3S. The minimum Gasteiger partial charge on any atom is -0.497 e. The molecule has 7 nitrogen and oxygen atoms in total. The summed E-state index contributed by atoms with van der Waals surface area (Å²) in [6, 6.07) is 4.17. The molecule has 1 atom stereocenters. The van der Waals surface area contributed by atoms with Crippen LogP contribution in [0.25, 0.3) is 0 Å². The molecule has 2 aromatic rings. The van der Waals surface area contributed by atoms with E-state index in [4.69, 9.17) is 10.5 Å². The standard InChI is InChI=1S/C13H18N4O3S/c1-10(8-17-6-5-15-9-17)16-21(18,19)13-4-3-11(20-2)7-12(13)14/h3-7,9-10,16H,8,14H2,1-2H3. The first-order valence-electron chi connectivity index (χ1n) is 6.34. The van der Waals surface area contributed by atoms with Crippen LogP contribution in [0.4, 0.5) is 5.69 Å². The second kappa shape index (κ2) is 6.15. The summed E-state index contributed by atoms with van der Waals surface area (Å²) in [6.45, 7) is 2.26. The highest BCUT2D eigenvalue weighted by Gasteiger charge is 2.20. The molecule has 0 bridgehead atoms. The molecule has 1 heterocycles. The zero-order chi connectivity index (χ0) is 15.5. The van der Waals surface area contributed by atoms with Crippen molar-refractivity contribution in [3.63, 3.8) is 0 Å². The van der Waals surface area contributed by atoms with Gasteiger partial charge in [-0.15, -0.1) is 0 Å². The van der Waals surface area contributed by atoms with Gasteiger partial charge in [-0.25, -0.2) is 18.1 Å². The number of imidazole rings is 1. The number of hydrogen-bond donors (Lipinski definition) is 2. The number of benzene rings is 1. The van der Waals surface area contributed by atoms with Crippen molar-refractivity contribution in [3.05, 3.63) is 36.9 Å². The number of aromatic nitrogens is 2. The van der Waals surface area contributed by atoms with Crippen LogP contribution in [0.3, 0.4) is 0 Å². The van der Waals surface area contributed by atoms with Crippen molar-refractivity contribution in [1.29, 1.82) is 0 Å². The Morgan fingerprint density at radius 1 is 1.48 bits per heavy atom. The topological polar surface area (TPSA) is 99.2 Å². The Kier molecular flexibility index (Phi) is 4.49. The van der Waals surface area contributed by atoms with E-state index in [1.807, 2.05) is 0 Å². The summed E-state index contributed by atoms with van der Waals surface area (Å²) >= 11 is 0. The van der Waals surface area contributed by atoms with E-state index in [2.05, 4.69) is 9.71 Å². The molecule has 114 valence electrons. The van der Waals surface area contributed by atoms with Gasteiger partial charge < -0.3 is 15.0 Å². The van der Waals surface area contributed by atoms with Crippen molar-refractivity contribution in [1.82, 2.24) is 14.3 Å². The van der Waals surface area contributed by atoms with Gasteiger partial charge in [0.2, 0.25) is 10.0 Å². The molecule has 0 aliphatic carbocycles. The highest BCUT2D eigenvalue weighted by molar-refractivity contribution is 7.89. The van der Waals surface area contributed by atoms with E-state index in [1.165, 1.54) is 19.2 Å². The average Bonchev–Trinajstić information content (AvgIpc) is 2.90. The number of methoxy groups -OCH3 is 1. The van der Waals surface area contributed by atoms with Crippen molar-refractivity contribution in [3.8, 4) is 5.75 Å². The summed E-state index contributed by atoms with van der Waals surface area (Å²) in [5, 5.41) is 0. The second-order valence-corrected chi connectivity index (χ2v) is 6.37. The third-order valence-corrected chi connectivity index (χ3v) is 4.57. The van der Waals surface area contributed by atoms with Crippen LogP contribution in [-0.4, -0.2) is 31.1 Å². The van der Waals surface area contributed by atoms with Gasteiger partial charge in [0.1, 0.15) is 10.6 Å². The lowest BCUT2D eigenvalue weighted by Crippen LogP contribution is -2.35. The Bertz CT molecular complexity index is 698. The summed E-state index contributed by atoms with van der Waals surface area (Å²) < 4.78 is 34.1. The van der Waals surface area contributed by atoms with Gasteiger partial charge in [0.25, 0.3) is 0 Å². The molecular weight excluding hydrogens is 292 g/mol. The molecule has 1 aromatic heterocycles. The highest BCUT2D eigenvalue weighted by Crippen LogP contribution is 2.23. The Balaban J connectivity index is 2.14. The normalized spacial score (nSPS) is 13.0. The maximum atomic E-state index is 12.3. The van der Waals surface area contributed by atoms with E-state index in [0.29, 0.717) is 12.3 Å². The fourth-order valence-corrected chi connectivity index (χ4v) is 3.32. The molecule has 0 saturated carbocycles. The lowest BCUT2D eigenvalue weighted by atomic mass is 10.3. The van der Waals surface area contributed by atoms with E-state index >= 15 is 0 Å². The molecule has 1 aromatic carbocycles. The molecule has 0 radical (unpaired) electrons. The zero-order valence-electron chi connectivity index (χ0n) is 11.9. The van der Waals surface area contributed by atoms with Crippen LogP contribution < -0.4 is 15.2 Å². The molecule has 0 fully saturated rings. The molecule has 8 heteroatoms. The van der Waals surface area contributed by atoms with Crippen LogP contribution in [-0.2, 0) is 16.6 Å². The van der Waals surface area contributed by atoms with Gasteiger partial charge in [0.05, 0.1) is 19.1 Å². The van der Waals surface area contributed by atoms with Gasteiger partial charge in [-0.3, -0.25) is 0 Å². The van der Waals surface area contributed by atoms with E-state index < -0.39 is 10.0 Å². The lowest BCUT2D eigenvalue weighted by Gasteiger charge is -2.16. The third-order valence-electron chi connectivity index (χ3n) is 2.91. The van der Waals surface area contributed by atoms with E-state index in [0.717, 1.165) is 0 Å². The molecule has 3 N–H and O–H groups in total. The first kappa shape index (κ1) is 15.3. The van der Waals surface area contributed by atoms with Crippen molar-refractivity contribution in [2.24, 2.45) is 0 Å². The van der Waals surface area contributed by atoms with Crippen LogP contribution in [0.2, 0.25) is 0 Å². The molecule has 0 spiro atoms. The van der Waals surface area contributed by atoms with Crippen LogP contribution >= 0.6 is 0 Å². The molecule has 0 aliphatic heterocycles. The van der Waals surface area contributed by atoms with Crippen molar-refractivity contribution in [2.75, 3.05) is 12.8 Å². The van der Waals surface area contributed by atoms with Crippen LogP contribution in [0.1, 0.15) is 6.92 Å². The summed E-state index contributed by atoms with van der Waals surface area (Å²) in [5.74, 6) is 0.512. The number of nitrogen functional groups attached to an aromatic ring is 1. The average molecular weight is 310 g/mol. The SMILES string of the molecule is COc1ccc(S(=O)(=O)NC(C)Cn2ccnc2)c(N)c1. The summed E-state index contributed by atoms with van der Waals surface area (Å²) in [5.41, 5.74) is 5.93. The minimum atomic E-state index is -3.68. The zero-order valence-corrected chi connectivity index (χ0v) is 12.7. The van der Waals surface area contributed by atoms with Crippen molar-refractivity contribution in [2.45, 2.75) is 24.4 Å². The van der Waals surface area contributed by atoms with Crippen LogP contribution in [0.15, 0.2) is 41.8 Å². The number of hydrogen-bond acceptors (Lipinski definition) is 5. The van der Waals surface area contributed by atoms with E-state index in [1.54, 1.807) is 36.3 Å². The number of ether oxygens (including phenoxy) is 1. The Labute approximate surface area is 123 Å². The predicted octanol–water partition coefficient (Wildman–Crippen LogP) is 0.841. The molecule has 0 saturated heterocycles. The van der Waals surface area contributed by atoms with E-state index in [-0.39, 0.29) is 16.6 Å². The van der Waals surface area contributed by atoms with Crippen LogP contribution in [0, 0.1) is 0 Å². The molecule has 0 amide bonds. The predicted molar refractivity (Wildman–Crippen MR) is 79.4 cm³/mol. The van der Waals surface area contributed by atoms with Gasteiger partial charge in [0, 0.05) is 31.0 Å².